The number of halogens is 1. The third-order valence-electron chi connectivity index (χ3n) is 11.0. The number of amides is 3. The number of nitrogens with one attached hydrogen (secondary N) is 3. The standard InChI is InChI=1S/C42H49ClN7O5P/c1-55-37-24-30(13-12-27(37)23-39-46-25-33(43)35(47-39)22-28-8-4-5-11-38(28)56(2,3)54)49-20-16-29(17-21-49)44-18-7-19-45-34-10-6-9-31-32(34)26-50(42(31)53)36-14-15-40(51)48-41(36)52/h4-6,8-13,24-25,29,36,44-45H,7,14-23,26H2,1-3H3,(H,48,51,52). The molecule has 0 bridgehead atoms. The van der Waals surface area contributed by atoms with Gasteiger partial charge in [0.1, 0.15) is 24.8 Å². The Balaban J connectivity index is 0.878. The molecule has 3 amide bonds. The number of ether oxygens (including phenoxy) is 1. The Morgan fingerprint density at radius 1 is 0.964 bits per heavy atom. The van der Waals surface area contributed by atoms with Gasteiger partial charge < -0.3 is 29.7 Å². The first kappa shape index (κ1) is 39.5. The molecule has 0 aliphatic carbocycles. The van der Waals surface area contributed by atoms with Crippen molar-refractivity contribution in [2.45, 2.75) is 63.6 Å². The monoisotopic (exact) mass is 797 g/mol. The summed E-state index contributed by atoms with van der Waals surface area (Å²) in [4.78, 5) is 50.6. The van der Waals surface area contributed by atoms with E-state index in [1.165, 1.54) is 0 Å². The lowest BCUT2D eigenvalue weighted by molar-refractivity contribution is -0.136. The van der Waals surface area contributed by atoms with Gasteiger partial charge in [-0.15, -0.1) is 0 Å². The molecule has 294 valence electrons. The van der Waals surface area contributed by atoms with Crippen molar-refractivity contribution < 1.29 is 23.7 Å². The van der Waals surface area contributed by atoms with E-state index in [4.69, 9.17) is 21.3 Å². The molecule has 2 fully saturated rings. The number of benzene rings is 3. The van der Waals surface area contributed by atoms with Crippen LogP contribution in [0, 0.1) is 0 Å². The number of carbonyl (C=O) groups excluding carboxylic acids is 3. The first-order chi connectivity index (χ1) is 27.0. The number of hydrogen-bond acceptors (Lipinski definition) is 10. The van der Waals surface area contributed by atoms with Crippen LogP contribution in [0.25, 0.3) is 0 Å². The molecular formula is C42H49ClN7O5P. The highest BCUT2D eigenvalue weighted by atomic mass is 35.5. The summed E-state index contributed by atoms with van der Waals surface area (Å²) in [6.45, 7) is 7.39. The first-order valence-corrected chi connectivity index (χ1v) is 22.3. The Bertz CT molecular complexity index is 2170. The van der Waals surface area contributed by atoms with Gasteiger partial charge in [-0.3, -0.25) is 19.7 Å². The molecular weight excluding hydrogens is 749 g/mol. The summed E-state index contributed by atoms with van der Waals surface area (Å²) in [6, 6.07) is 19.6. The molecule has 4 heterocycles. The van der Waals surface area contributed by atoms with Crippen LogP contribution in [0.2, 0.25) is 5.02 Å². The zero-order chi connectivity index (χ0) is 39.4. The van der Waals surface area contributed by atoms with Gasteiger partial charge >= 0.3 is 0 Å². The van der Waals surface area contributed by atoms with Crippen molar-refractivity contribution in [2.24, 2.45) is 0 Å². The van der Waals surface area contributed by atoms with Crippen LogP contribution in [0.4, 0.5) is 11.4 Å². The summed E-state index contributed by atoms with van der Waals surface area (Å²) in [6.07, 6.45) is 6.16. The molecule has 2 saturated heterocycles. The highest BCUT2D eigenvalue weighted by Crippen LogP contribution is 2.37. The van der Waals surface area contributed by atoms with Gasteiger partial charge in [-0.05, 0) is 69.3 Å². The largest absolute Gasteiger partial charge is 0.496 e. The number of hydrogen-bond donors (Lipinski definition) is 3. The van der Waals surface area contributed by atoms with E-state index < -0.39 is 19.1 Å². The van der Waals surface area contributed by atoms with Crippen LogP contribution >= 0.6 is 18.7 Å². The third-order valence-corrected chi connectivity index (χ3v) is 12.9. The highest BCUT2D eigenvalue weighted by molar-refractivity contribution is 7.70. The van der Waals surface area contributed by atoms with E-state index >= 15 is 0 Å². The lowest BCUT2D eigenvalue weighted by Gasteiger charge is -2.34. The molecule has 0 saturated carbocycles. The molecule has 0 spiro atoms. The van der Waals surface area contributed by atoms with Crippen LogP contribution in [0.5, 0.6) is 5.75 Å². The van der Waals surface area contributed by atoms with E-state index in [0.717, 1.165) is 84.6 Å². The van der Waals surface area contributed by atoms with E-state index in [1.807, 2.05) is 36.4 Å². The predicted molar refractivity (Wildman–Crippen MR) is 220 cm³/mol. The summed E-state index contributed by atoms with van der Waals surface area (Å²) in [7, 11) is -0.782. The summed E-state index contributed by atoms with van der Waals surface area (Å²) < 4.78 is 18.8. The zero-order valence-corrected chi connectivity index (χ0v) is 33.8. The summed E-state index contributed by atoms with van der Waals surface area (Å²) in [5.74, 6) is 0.581. The molecule has 12 nitrogen and oxygen atoms in total. The van der Waals surface area contributed by atoms with Gasteiger partial charge in [0, 0.05) is 97.1 Å². The topological polar surface area (TPSA) is 146 Å². The highest BCUT2D eigenvalue weighted by Gasteiger charge is 2.39. The predicted octanol–water partition coefficient (Wildman–Crippen LogP) is 5.39. The maximum Gasteiger partial charge on any atom is 0.255 e. The Labute approximate surface area is 333 Å². The van der Waals surface area contributed by atoms with E-state index in [9.17, 15) is 18.9 Å². The Morgan fingerprint density at radius 2 is 1.77 bits per heavy atom. The van der Waals surface area contributed by atoms with Crippen LogP contribution in [0.15, 0.2) is 66.9 Å². The second-order valence-electron chi connectivity index (χ2n) is 15.1. The number of methoxy groups -OCH3 is 1. The minimum absolute atomic E-state index is 0.163. The van der Waals surface area contributed by atoms with Gasteiger partial charge in [-0.25, -0.2) is 9.97 Å². The number of nitrogens with zero attached hydrogens (tertiary/aromatic N) is 4. The second kappa shape index (κ2) is 17.2. The number of carbonyl (C=O) groups is 3. The van der Waals surface area contributed by atoms with Crippen LogP contribution in [0.1, 0.15) is 70.7 Å². The molecule has 3 aliphatic rings. The van der Waals surface area contributed by atoms with Gasteiger partial charge in [-0.2, -0.15) is 0 Å². The molecule has 1 aromatic heterocycles. The molecule has 3 aliphatic heterocycles. The van der Waals surface area contributed by atoms with E-state index in [-0.39, 0.29) is 18.2 Å². The van der Waals surface area contributed by atoms with E-state index in [2.05, 4.69) is 44.0 Å². The van der Waals surface area contributed by atoms with Gasteiger partial charge in [0.25, 0.3) is 5.91 Å². The molecule has 14 heteroatoms. The van der Waals surface area contributed by atoms with Crippen molar-refractivity contribution in [3.63, 3.8) is 0 Å². The minimum atomic E-state index is -2.47. The summed E-state index contributed by atoms with van der Waals surface area (Å²) >= 11 is 6.55. The van der Waals surface area contributed by atoms with Crippen molar-refractivity contribution in [2.75, 3.05) is 56.8 Å². The number of aromatic nitrogens is 2. The van der Waals surface area contributed by atoms with Crippen molar-refractivity contribution in [1.82, 2.24) is 25.5 Å². The molecule has 56 heavy (non-hydrogen) atoms. The van der Waals surface area contributed by atoms with Crippen LogP contribution in [0.3, 0.4) is 0 Å². The lowest BCUT2D eigenvalue weighted by Crippen LogP contribution is -2.52. The molecule has 3 aromatic carbocycles. The lowest BCUT2D eigenvalue weighted by atomic mass is 10.0. The Hall–Kier alpha value is -4.77. The average Bonchev–Trinajstić information content (AvgIpc) is 3.52. The molecule has 1 unspecified atom stereocenters. The summed E-state index contributed by atoms with van der Waals surface area (Å²) in [5, 5.41) is 10.9. The molecule has 4 aromatic rings. The van der Waals surface area contributed by atoms with Crippen LogP contribution in [-0.2, 0) is 33.5 Å². The number of piperidine rings is 2. The fourth-order valence-corrected chi connectivity index (χ4v) is 9.42. The maximum absolute atomic E-state index is 13.2. The van der Waals surface area contributed by atoms with Gasteiger partial charge in [0.2, 0.25) is 11.8 Å². The number of rotatable bonds is 14. The molecule has 1 atom stereocenters. The first-order valence-electron chi connectivity index (χ1n) is 19.3. The smallest absolute Gasteiger partial charge is 0.255 e. The normalized spacial score (nSPS) is 17.6. The van der Waals surface area contributed by atoms with Gasteiger partial charge in [0.05, 0.1) is 17.8 Å². The van der Waals surface area contributed by atoms with Crippen molar-refractivity contribution in [3.05, 3.63) is 106 Å². The van der Waals surface area contributed by atoms with E-state index in [1.54, 1.807) is 37.6 Å². The van der Waals surface area contributed by atoms with Gasteiger partial charge in [-0.1, -0.05) is 48.0 Å². The Morgan fingerprint density at radius 3 is 2.54 bits per heavy atom. The average molecular weight is 798 g/mol. The SMILES string of the molecule is COc1cc(N2CCC(NCCCNc3cccc4c3CN(C3CCC(=O)NC3=O)C4=O)CC2)ccc1Cc1ncc(Cl)c(Cc2ccccc2P(C)(C)=O)n1. The number of anilines is 2. The van der Waals surface area contributed by atoms with Crippen molar-refractivity contribution >= 4 is 53.1 Å². The fourth-order valence-electron chi connectivity index (χ4n) is 7.98. The maximum atomic E-state index is 13.2. The zero-order valence-electron chi connectivity index (χ0n) is 32.1. The minimum Gasteiger partial charge on any atom is -0.496 e. The number of fused-ring (bicyclic) bond motifs is 1. The summed E-state index contributed by atoms with van der Waals surface area (Å²) in [5.41, 5.74) is 6.20. The van der Waals surface area contributed by atoms with Crippen molar-refractivity contribution in [3.8, 4) is 5.75 Å². The van der Waals surface area contributed by atoms with Crippen molar-refractivity contribution in [1.29, 1.82) is 0 Å². The van der Waals surface area contributed by atoms with Gasteiger partial charge in [0.15, 0.2) is 0 Å². The molecule has 3 N–H and O–H groups in total. The molecule has 0 radical (unpaired) electrons. The quantitative estimate of drug-likeness (QED) is 0.0863. The fraction of sp³-hybridized carbons (Fsp3) is 0.405. The van der Waals surface area contributed by atoms with Crippen LogP contribution in [-0.4, -0.2) is 91.3 Å². The van der Waals surface area contributed by atoms with Crippen LogP contribution < -0.4 is 30.9 Å². The Kier molecular flexibility index (Phi) is 12.1. The molecule has 7 rings (SSSR count). The second-order valence-corrected chi connectivity index (χ2v) is 18.7. The van der Waals surface area contributed by atoms with E-state index in [0.29, 0.717) is 54.0 Å². The third kappa shape index (κ3) is 8.93. The number of imide groups is 1.